The van der Waals surface area contributed by atoms with Crippen LogP contribution in [-0.2, 0) is 10.0 Å². The minimum absolute atomic E-state index is 0.155. The smallest absolute Gasteiger partial charge is 0.243 e. The van der Waals surface area contributed by atoms with Crippen LogP contribution in [0.3, 0.4) is 0 Å². The van der Waals surface area contributed by atoms with E-state index in [9.17, 15) is 8.42 Å². The van der Waals surface area contributed by atoms with Crippen molar-refractivity contribution in [2.45, 2.75) is 25.2 Å². The summed E-state index contributed by atoms with van der Waals surface area (Å²) in [6, 6.07) is 2.95. The van der Waals surface area contributed by atoms with Crippen molar-refractivity contribution in [1.82, 2.24) is 9.21 Å². The Hall–Kier alpha value is -0.820. The number of nitrogens with zero attached hydrogens (tertiary/aromatic N) is 2. The molecule has 0 aliphatic rings. The first kappa shape index (κ1) is 18.2. The number of hydrogen-bond acceptors (Lipinski definition) is 4. The maximum Gasteiger partial charge on any atom is 0.243 e. The molecule has 0 saturated carbocycles. The molecule has 0 atom stereocenters. The first-order valence-electron chi connectivity index (χ1n) is 6.90. The van der Waals surface area contributed by atoms with E-state index in [2.05, 4.69) is 0 Å². The fourth-order valence-corrected chi connectivity index (χ4v) is 3.83. The molecule has 21 heavy (non-hydrogen) atoms. The Morgan fingerprint density at radius 1 is 1.24 bits per heavy atom. The van der Waals surface area contributed by atoms with E-state index in [0.717, 1.165) is 13.0 Å². The highest BCUT2D eigenvalue weighted by atomic mass is 35.5. The zero-order valence-electron chi connectivity index (χ0n) is 13.1. The van der Waals surface area contributed by atoms with Crippen molar-refractivity contribution in [3.63, 3.8) is 0 Å². The first-order chi connectivity index (χ1) is 9.70. The van der Waals surface area contributed by atoms with E-state index in [1.54, 1.807) is 6.92 Å². The van der Waals surface area contributed by atoms with Gasteiger partial charge in [0.2, 0.25) is 10.0 Å². The van der Waals surface area contributed by atoms with Crippen LogP contribution in [0.1, 0.15) is 18.9 Å². The molecule has 0 aliphatic carbocycles. The Morgan fingerprint density at radius 3 is 2.33 bits per heavy atom. The van der Waals surface area contributed by atoms with E-state index in [1.807, 2.05) is 25.9 Å². The monoisotopic (exact) mass is 333 g/mol. The molecule has 0 spiro atoms. The predicted molar refractivity (Wildman–Crippen MR) is 88.2 cm³/mol. The normalized spacial score (nSPS) is 12.3. The van der Waals surface area contributed by atoms with Crippen molar-refractivity contribution < 1.29 is 8.42 Å². The molecule has 5 nitrogen and oxygen atoms in total. The summed E-state index contributed by atoms with van der Waals surface area (Å²) in [6.45, 7) is 5.32. The Bertz CT molecular complexity index is 565. The van der Waals surface area contributed by atoms with Crippen LogP contribution in [-0.4, -0.2) is 51.4 Å². The van der Waals surface area contributed by atoms with E-state index >= 15 is 0 Å². The highest BCUT2D eigenvalue weighted by Gasteiger charge is 2.24. The largest absolute Gasteiger partial charge is 0.398 e. The van der Waals surface area contributed by atoms with Crippen LogP contribution < -0.4 is 5.73 Å². The number of benzene rings is 1. The molecule has 0 radical (unpaired) electrons. The molecule has 0 fully saturated rings. The van der Waals surface area contributed by atoms with Crippen LogP contribution in [0.15, 0.2) is 17.0 Å². The van der Waals surface area contributed by atoms with E-state index < -0.39 is 10.0 Å². The lowest BCUT2D eigenvalue weighted by Crippen LogP contribution is -2.33. The van der Waals surface area contributed by atoms with Crippen molar-refractivity contribution in [1.29, 1.82) is 0 Å². The SMILES string of the molecule is CCN(CCCN(C)C)S(=O)(=O)c1cc(N)c(C)c(Cl)c1. The molecule has 0 bridgehead atoms. The van der Waals surface area contributed by atoms with Crippen LogP contribution in [0.4, 0.5) is 5.69 Å². The second-order valence-corrected chi connectivity index (χ2v) is 7.62. The molecule has 0 heterocycles. The van der Waals surface area contributed by atoms with Gasteiger partial charge < -0.3 is 10.6 Å². The fraction of sp³-hybridized carbons (Fsp3) is 0.571. The third-order valence-corrected chi connectivity index (χ3v) is 5.71. The standard InChI is InChI=1S/C14H24ClN3O2S/c1-5-18(8-6-7-17(3)4)21(19,20)12-9-13(15)11(2)14(16)10-12/h9-10H,5-8,16H2,1-4H3. The zero-order chi connectivity index (χ0) is 16.2. The summed E-state index contributed by atoms with van der Waals surface area (Å²) in [5.74, 6) is 0. The van der Waals surface area contributed by atoms with Gasteiger partial charge in [0.1, 0.15) is 0 Å². The van der Waals surface area contributed by atoms with E-state index in [-0.39, 0.29) is 4.90 Å². The first-order valence-corrected chi connectivity index (χ1v) is 8.72. The van der Waals surface area contributed by atoms with Crippen LogP contribution in [0, 0.1) is 6.92 Å². The van der Waals surface area contributed by atoms with Crippen LogP contribution in [0.25, 0.3) is 0 Å². The third kappa shape index (κ3) is 4.57. The highest BCUT2D eigenvalue weighted by Crippen LogP contribution is 2.27. The highest BCUT2D eigenvalue weighted by molar-refractivity contribution is 7.89. The Labute approximate surface area is 132 Å². The lowest BCUT2D eigenvalue weighted by molar-refractivity contribution is 0.356. The summed E-state index contributed by atoms with van der Waals surface area (Å²) in [4.78, 5) is 2.18. The van der Waals surface area contributed by atoms with E-state index in [0.29, 0.717) is 29.4 Å². The molecule has 7 heteroatoms. The average Bonchev–Trinajstić information content (AvgIpc) is 2.39. The Morgan fingerprint density at radius 2 is 1.86 bits per heavy atom. The molecule has 0 aromatic heterocycles. The van der Waals surface area contributed by atoms with Gasteiger partial charge in [-0.25, -0.2) is 8.42 Å². The molecular weight excluding hydrogens is 310 g/mol. The van der Waals surface area contributed by atoms with Crippen LogP contribution in [0.2, 0.25) is 5.02 Å². The minimum Gasteiger partial charge on any atom is -0.398 e. The number of anilines is 1. The van der Waals surface area contributed by atoms with Gasteiger partial charge in [-0.05, 0) is 51.7 Å². The van der Waals surface area contributed by atoms with Gasteiger partial charge in [-0.15, -0.1) is 0 Å². The maximum atomic E-state index is 12.7. The van der Waals surface area contributed by atoms with Crippen molar-refractivity contribution in [2.75, 3.05) is 39.5 Å². The number of hydrogen-bond donors (Lipinski definition) is 1. The number of sulfonamides is 1. The molecule has 0 saturated heterocycles. The second-order valence-electron chi connectivity index (χ2n) is 5.27. The number of halogens is 1. The van der Waals surface area contributed by atoms with Crippen molar-refractivity contribution in [2.24, 2.45) is 0 Å². The maximum absolute atomic E-state index is 12.7. The van der Waals surface area contributed by atoms with Gasteiger partial charge in [-0.1, -0.05) is 18.5 Å². The predicted octanol–water partition coefficient (Wildman–Crippen LogP) is 2.19. The molecular formula is C14H24ClN3O2S. The molecule has 0 aliphatic heterocycles. The topological polar surface area (TPSA) is 66.6 Å². The van der Waals surface area contributed by atoms with Crippen molar-refractivity contribution in [3.05, 3.63) is 22.7 Å². The summed E-state index contributed by atoms with van der Waals surface area (Å²) < 4.78 is 26.8. The zero-order valence-corrected chi connectivity index (χ0v) is 14.6. The molecule has 0 unspecified atom stereocenters. The number of rotatable bonds is 7. The van der Waals surface area contributed by atoms with Crippen LogP contribution in [0.5, 0.6) is 0 Å². The quantitative estimate of drug-likeness (QED) is 0.777. The number of nitrogen functional groups attached to an aromatic ring is 1. The van der Waals surface area contributed by atoms with Gasteiger partial charge in [-0.2, -0.15) is 4.31 Å². The molecule has 120 valence electrons. The summed E-state index contributed by atoms with van der Waals surface area (Å²) in [5, 5.41) is 0.373. The molecule has 2 N–H and O–H groups in total. The lowest BCUT2D eigenvalue weighted by Gasteiger charge is -2.22. The summed E-state index contributed by atoms with van der Waals surface area (Å²) in [6.07, 6.45) is 0.773. The average molecular weight is 334 g/mol. The number of nitrogens with two attached hydrogens (primary N) is 1. The third-order valence-electron chi connectivity index (χ3n) is 3.36. The summed E-state index contributed by atoms with van der Waals surface area (Å²) in [5.41, 5.74) is 6.92. The minimum atomic E-state index is -3.56. The molecule has 1 aromatic carbocycles. The Kier molecular flexibility index (Phi) is 6.46. The van der Waals surface area contributed by atoms with Gasteiger partial charge >= 0.3 is 0 Å². The van der Waals surface area contributed by atoms with Gasteiger partial charge in [0.25, 0.3) is 0 Å². The van der Waals surface area contributed by atoms with Gasteiger partial charge in [-0.3, -0.25) is 0 Å². The molecule has 0 amide bonds. The van der Waals surface area contributed by atoms with E-state index in [4.69, 9.17) is 17.3 Å². The summed E-state index contributed by atoms with van der Waals surface area (Å²) in [7, 11) is 0.367. The second kappa shape index (κ2) is 7.45. The lowest BCUT2D eigenvalue weighted by atomic mass is 10.2. The molecule has 1 aromatic rings. The van der Waals surface area contributed by atoms with Gasteiger partial charge in [0.15, 0.2) is 0 Å². The van der Waals surface area contributed by atoms with Crippen LogP contribution >= 0.6 is 11.6 Å². The van der Waals surface area contributed by atoms with E-state index in [1.165, 1.54) is 16.4 Å². The Balaban J connectivity index is 3.02. The van der Waals surface area contributed by atoms with Crippen molar-refractivity contribution >= 4 is 27.3 Å². The molecule has 1 rings (SSSR count). The fourth-order valence-electron chi connectivity index (χ4n) is 1.98. The van der Waals surface area contributed by atoms with Gasteiger partial charge in [0.05, 0.1) is 4.90 Å². The van der Waals surface area contributed by atoms with Gasteiger partial charge in [0, 0.05) is 23.8 Å². The van der Waals surface area contributed by atoms with Crippen molar-refractivity contribution in [3.8, 4) is 0 Å². The summed E-state index contributed by atoms with van der Waals surface area (Å²) >= 11 is 6.05.